The van der Waals surface area contributed by atoms with E-state index >= 15 is 0 Å². The van der Waals surface area contributed by atoms with E-state index in [4.69, 9.17) is 5.73 Å². The first-order valence-corrected chi connectivity index (χ1v) is 4.38. The third-order valence-corrected chi connectivity index (χ3v) is 2.29. The van der Waals surface area contributed by atoms with Crippen LogP contribution in [-0.4, -0.2) is 12.6 Å². The molecule has 1 atom stereocenters. The zero-order chi connectivity index (χ0) is 8.97. The van der Waals surface area contributed by atoms with E-state index < -0.39 is 6.03 Å². The molecule has 1 aliphatic rings. The minimum Gasteiger partial charge on any atom is -0.352 e. The molecule has 0 aromatic rings. The molecule has 0 bridgehead atoms. The number of carbonyl (C=O) groups excluding carboxylic acids is 1. The minimum atomic E-state index is -0.425. The molecule has 1 rings (SSSR count). The van der Waals surface area contributed by atoms with Crippen LogP contribution in [0.4, 0.5) is 4.79 Å². The lowest BCUT2D eigenvalue weighted by Crippen LogP contribution is -2.34. The Hall–Kier alpha value is -0.990. The summed E-state index contributed by atoms with van der Waals surface area (Å²) in [5, 5.41) is 2.63. The van der Waals surface area contributed by atoms with Gasteiger partial charge in [-0.2, -0.15) is 0 Å². The van der Waals surface area contributed by atoms with Crippen molar-refractivity contribution in [2.45, 2.75) is 25.7 Å². The van der Waals surface area contributed by atoms with E-state index in [-0.39, 0.29) is 0 Å². The highest BCUT2D eigenvalue weighted by molar-refractivity contribution is 5.71. The molecule has 0 aromatic carbocycles. The van der Waals surface area contributed by atoms with E-state index in [1.165, 1.54) is 18.4 Å². The summed E-state index contributed by atoms with van der Waals surface area (Å²) in [5.74, 6) is 0.554. The van der Waals surface area contributed by atoms with Crippen molar-refractivity contribution in [2.75, 3.05) is 6.54 Å². The summed E-state index contributed by atoms with van der Waals surface area (Å²) in [6, 6.07) is -0.425. The fourth-order valence-corrected chi connectivity index (χ4v) is 1.67. The summed E-state index contributed by atoms with van der Waals surface area (Å²) in [4.78, 5) is 10.4. The molecule has 3 heteroatoms. The quantitative estimate of drug-likeness (QED) is 0.602. The SMILES string of the molecule is C=C1CCCC(CNC(N)=O)C1. The highest BCUT2D eigenvalue weighted by Crippen LogP contribution is 2.26. The number of primary amides is 1. The second-order valence-electron chi connectivity index (χ2n) is 3.46. The van der Waals surface area contributed by atoms with Gasteiger partial charge in [0.1, 0.15) is 0 Å². The van der Waals surface area contributed by atoms with Gasteiger partial charge in [-0.25, -0.2) is 4.79 Å². The lowest BCUT2D eigenvalue weighted by molar-refractivity contribution is 0.245. The molecule has 3 N–H and O–H groups in total. The van der Waals surface area contributed by atoms with E-state index in [1.54, 1.807) is 0 Å². The van der Waals surface area contributed by atoms with Crippen molar-refractivity contribution in [3.8, 4) is 0 Å². The topological polar surface area (TPSA) is 55.1 Å². The maximum absolute atomic E-state index is 10.4. The molecule has 1 fully saturated rings. The van der Waals surface area contributed by atoms with Crippen molar-refractivity contribution in [2.24, 2.45) is 11.7 Å². The number of rotatable bonds is 2. The van der Waals surface area contributed by atoms with Gasteiger partial charge >= 0.3 is 6.03 Å². The molecular formula is C9H16N2O. The van der Waals surface area contributed by atoms with E-state index in [1.807, 2.05) is 0 Å². The molecule has 12 heavy (non-hydrogen) atoms. The molecular weight excluding hydrogens is 152 g/mol. The molecule has 0 saturated heterocycles. The Morgan fingerprint density at radius 2 is 2.50 bits per heavy atom. The van der Waals surface area contributed by atoms with Gasteiger partial charge in [0, 0.05) is 6.54 Å². The normalized spacial score (nSPS) is 23.7. The van der Waals surface area contributed by atoms with Crippen molar-refractivity contribution in [3.63, 3.8) is 0 Å². The lowest BCUT2D eigenvalue weighted by Gasteiger charge is -2.23. The Kier molecular flexibility index (Phi) is 3.14. The van der Waals surface area contributed by atoms with Gasteiger partial charge in [-0.05, 0) is 31.6 Å². The van der Waals surface area contributed by atoms with Gasteiger partial charge in [-0.3, -0.25) is 0 Å². The number of nitrogens with one attached hydrogen (secondary N) is 1. The molecule has 1 aliphatic carbocycles. The van der Waals surface area contributed by atoms with Crippen LogP contribution in [-0.2, 0) is 0 Å². The zero-order valence-electron chi connectivity index (χ0n) is 7.31. The summed E-state index contributed by atoms with van der Waals surface area (Å²) in [6.07, 6.45) is 4.57. The average molecular weight is 168 g/mol. The van der Waals surface area contributed by atoms with Crippen LogP contribution < -0.4 is 11.1 Å². The molecule has 0 radical (unpaired) electrons. The van der Waals surface area contributed by atoms with Crippen LogP contribution in [0.15, 0.2) is 12.2 Å². The number of urea groups is 1. The predicted octanol–water partition coefficient (Wildman–Crippen LogP) is 1.40. The monoisotopic (exact) mass is 168 g/mol. The van der Waals surface area contributed by atoms with Gasteiger partial charge in [-0.15, -0.1) is 0 Å². The number of allylic oxidation sites excluding steroid dienone is 1. The third-order valence-electron chi connectivity index (χ3n) is 2.29. The summed E-state index contributed by atoms with van der Waals surface area (Å²) < 4.78 is 0. The third kappa shape index (κ3) is 2.95. The van der Waals surface area contributed by atoms with Gasteiger partial charge in [-0.1, -0.05) is 12.2 Å². The Labute approximate surface area is 73.0 Å². The summed E-state index contributed by atoms with van der Waals surface area (Å²) in [5.41, 5.74) is 6.28. The van der Waals surface area contributed by atoms with Crippen LogP contribution in [0.5, 0.6) is 0 Å². The van der Waals surface area contributed by atoms with E-state index in [2.05, 4.69) is 11.9 Å². The van der Waals surface area contributed by atoms with E-state index in [9.17, 15) is 4.79 Å². The Morgan fingerprint density at radius 1 is 1.75 bits per heavy atom. The molecule has 68 valence electrons. The maximum atomic E-state index is 10.4. The van der Waals surface area contributed by atoms with Crippen LogP contribution in [0.1, 0.15) is 25.7 Å². The molecule has 1 unspecified atom stereocenters. The van der Waals surface area contributed by atoms with Gasteiger partial charge in [0.05, 0.1) is 0 Å². The lowest BCUT2D eigenvalue weighted by atomic mass is 9.86. The number of amides is 2. The fraction of sp³-hybridized carbons (Fsp3) is 0.667. The van der Waals surface area contributed by atoms with E-state index in [0.29, 0.717) is 12.5 Å². The zero-order valence-corrected chi connectivity index (χ0v) is 7.31. The molecule has 0 aromatic heterocycles. The number of nitrogens with two attached hydrogens (primary N) is 1. The minimum absolute atomic E-state index is 0.425. The van der Waals surface area contributed by atoms with Crippen molar-refractivity contribution in [1.29, 1.82) is 0 Å². The molecule has 0 spiro atoms. The second kappa shape index (κ2) is 4.14. The molecule has 0 heterocycles. The summed E-state index contributed by atoms with van der Waals surface area (Å²) in [6.45, 7) is 4.65. The van der Waals surface area contributed by atoms with Gasteiger partial charge in [0.15, 0.2) is 0 Å². The number of hydrogen-bond acceptors (Lipinski definition) is 1. The first-order chi connectivity index (χ1) is 5.68. The van der Waals surface area contributed by atoms with Crippen molar-refractivity contribution < 1.29 is 4.79 Å². The Bertz CT molecular complexity index is 189. The Morgan fingerprint density at radius 3 is 3.08 bits per heavy atom. The predicted molar refractivity (Wildman–Crippen MR) is 48.7 cm³/mol. The van der Waals surface area contributed by atoms with Crippen LogP contribution in [0.25, 0.3) is 0 Å². The summed E-state index contributed by atoms with van der Waals surface area (Å²) in [7, 11) is 0. The molecule has 2 amide bonds. The van der Waals surface area contributed by atoms with Crippen LogP contribution in [0, 0.1) is 5.92 Å². The standard InChI is InChI=1S/C9H16N2O/c1-7-3-2-4-8(5-7)6-11-9(10)12/h8H,1-6H2,(H3,10,11,12). The Balaban J connectivity index is 2.23. The largest absolute Gasteiger partial charge is 0.352 e. The first kappa shape index (κ1) is 9.10. The number of hydrogen-bond donors (Lipinski definition) is 2. The number of carbonyl (C=O) groups is 1. The van der Waals surface area contributed by atoms with Gasteiger partial charge in [0.2, 0.25) is 0 Å². The second-order valence-corrected chi connectivity index (χ2v) is 3.46. The van der Waals surface area contributed by atoms with Crippen molar-refractivity contribution in [3.05, 3.63) is 12.2 Å². The highest BCUT2D eigenvalue weighted by atomic mass is 16.2. The highest BCUT2D eigenvalue weighted by Gasteiger charge is 2.15. The van der Waals surface area contributed by atoms with Crippen LogP contribution >= 0.6 is 0 Å². The summed E-state index contributed by atoms with van der Waals surface area (Å²) >= 11 is 0. The van der Waals surface area contributed by atoms with Gasteiger partial charge in [0.25, 0.3) is 0 Å². The van der Waals surface area contributed by atoms with Crippen LogP contribution in [0.2, 0.25) is 0 Å². The molecule has 3 nitrogen and oxygen atoms in total. The van der Waals surface area contributed by atoms with Crippen molar-refractivity contribution in [1.82, 2.24) is 5.32 Å². The van der Waals surface area contributed by atoms with Gasteiger partial charge < -0.3 is 11.1 Å². The fourth-order valence-electron chi connectivity index (χ4n) is 1.67. The first-order valence-electron chi connectivity index (χ1n) is 4.38. The average Bonchev–Trinajstić information content (AvgIpc) is 2.01. The van der Waals surface area contributed by atoms with Crippen molar-refractivity contribution >= 4 is 6.03 Å². The van der Waals surface area contributed by atoms with E-state index in [0.717, 1.165) is 12.8 Å². The molecule has 0 aliphatic heterocycles. The smallest absolute Gasteiger partial charge is 0.312 e. The molecule has 1 saturated carbocycles. The maximum Gasteiger partial charge on any atom is 0.312 e. The van der Waals surface area contributed by atoms with Crippen LogP contribution in [0.3, 0.4) is 0 Å².